The number of hydrogen-bond donors (Lipinski definition) is 1. The lowest BCUT2D eigenvalue weighted by atomic mass is 10.1. The van der Waals surface area contributed by atoms with Crippen LogP contribution in [0, 0.1) is 18.3 Å². The van der Waals surface area contributed by atoms with Gasteiger partial charge in [0.1, 0.15) is 11.6 Å². The molecule has 0 radical (unpaired) electrons. The van der Waals surface area contributed by atoms with Crippen molar-refractivity contribution in [3.8, 4) is 6.07 Å². The minimum atomic E-state index is -0.485. The molecule has 2 aromatic rings. The predicted octanol–water partition coefficient (Wildman–Crippen LogP) is 3.59. The van der Waals surface area contributed by atoms with E-state index in [1.165, 1.54) is 6.08 Å². The molecule has 1 aromatic carbocycles. The first-order chi connectivity index (χ1) is 10.1. The highest BCUT2D eigenvalue weighted by molar-refractivity contribution is 6.31. The maximum atomic E-state index is 12.1. The van der Waals surface area contributed by atoms with Gasteiger partial charge in [-0.1, -0.05) is 23.7 Å². The molecule has 1 aromatic heterocycles. The third kappa shape index (κ3) is 3.91. The number of benzene rings is 1. The molecular formula is C16H12ClN3O. The Kier molecular flexibility index (Phi) is 4.70. The van der Waals surface area contributed by atoms with Crippen LogP contribution >= 0.6 is 11.6 Å². The lowest BCUT2D eigenvalue weighted by Crippen LogP contribution is -2.13. The average molecular weight is 298 g/mol. The zero-order valence-electron chi connectivity index (χ0n) is 11.3. The largest absolute Gasteiger partial charge is 0.321 e. The molecule has 1 heterocycles. The van der Waals surface area contributed by atoms with E-state index in [4.69, 9.17) is 16.9 Å². The molecule has 21 heavy (non-hydrogen) atoms. The Balaban J connectivity index is 2.20. The molecule has 0 unspecified atom stereocenters. The summed E-state index contributed by atoms with van der Waals surface area (Å²) in [5, 5.41) is 12.3. The van der Waals surface area contributed by atoms with E-state index in [1.807, 2.05) is 13.0 Å². The quantitative estimate of drug-likeness (QED) is 0.695. The van der Waals surface area contributed by atoms with Crippen LogP contribution in [0.15, 0.2) is 48.3 Å². The van der Waals surface area contributed by atoms with Crippen LogP contribution < -0.4 is 5.32 Å². The van der Waals surface area contributed by atoms with Gasteiger partial charge < -0.3 is 5.32 Å². The van der Waals surface area contributed by atoms with Crippen LogP contribution in [0.1, 0.15) is 11.1 Å². The maximum absolute atomic E-state index is 12.1. The standard InChI is InChI=1S/C16H12ClN3O/c1-11-4-5-14(8-15(11)17)20-16(21)13(9-18)7-12-3-2-6-19-10-12/h2-8,10H,1H3,(H,20,21). The third-order valence-electron chi connectivity index (χ3n) is 2.79. The van der Waals surface area contributed by atoms with Crippen molar-refractivity contribution in [2.75, 3.05) is 5.32 Å². The number of rotatable bonds is 3. The molecule has 0 aliphatic carbocycles. The maximum Gasteiger partial charge on any atom is 0.266 e. The molecule has 0 aliphatic heterocycles. The van der Waals surface area contributed by atoms with E-state index < -0.39 is 5.91 Å². The molecule has 0 spiro atoms. The summed E-state index contributed by atoms with van der Waals surface area (Å²) >= 11 is 6.00. The third-order valence-corrected chi connectivity index (χ3v) is 3.20. The van der Waals surface area contributed by atoms with Crippen molar-refractivity contribution in [2.24, 2.45) is 0 Å². The fraction of sp³-hybridized carbons (Fsp3) is 0.0625. The Labute approximate surface area is 127 Å². The van der Waals surface area contributed by atoms with Gasteiger partial charge in [-0.05, 0) is 42.3 Å². The first-order valence-electron chi connectivity index (χ1n) is 6.19. The normalized spacial score (nSPS) is 10.8. The molecule has 0 bridgehead atoms. The van der Waals surface area contributed by atoms with Gasteiger partial charge in [-0.3, -0.25) is 9.78 Å². The number of carbonyl (C=O) groups is 1. The second-order valence-corrected chi connectivity index (χ2v) is 4.78. The van der Waals surface area contributed by atoms with Crippen molar-refractivity contribution >= 4 is 29.3 Å². The van der Waals surface area contributed by atoms with Gasteiger partial charge in [-0.15, -0.1) is 0 Å². The summed E-state index contributed by atoms with van der Waals surface area (Å²) in [6, 6.07) is 10.6. The second-order valence-electron chi connectivity index (χ2n) is 4.37. The van der Waals surface area contributed by atoms with Gasteiger partial charge in [0.15, 0.2) is 0 Å². The van der Waals surface area contributed by atoms with Crippen LogP contribution in [0.4, 0.5) is 5.69 Å². The van der Waals surface area contributed by atoms with Gasteiger partial charge in [0.05, 0.1) is 0 Å². The lowest BCUT2D eigenvalue weighted by molar-refractivity contribution is -0.112. The Morgan fingerprint density at radius 3 is 2.86 bits per heavy atom. The number of hydrogen-bond acceptors (Lipinski definition) is 3. The molecule has 2 rings (SSSR count). The van der Waals surface area contributed by atoms with E-state index in [1.54, 1.807) is 42.7 Å². The van der Waals surface area contributed by atoms with Crippen LogP contribution in [0.2, 0.25) is 5.02 Å². The Hall–Kier alpha value is -2.64. The number of aromatic nitrogens is 1. The number of pyridine rings is 1. The van der Waals surface area contributed by atoms with Gasteiger partial charge in [-0.25, -0.2) is 0 Å². The number of nitrogens with one attached hydrogen (secondary N) is 1. The summed E-state index contributed by atoms with van der Waals surface area (Å²) < 4.78 is 0. The summed E-state index contributed by atoms with van der Waals surface area (Å²) in [6.45, 7) is 1.87. The molecular weight excluding hydrogens is 286 g/mol. The second kappa shape index (κ2) is 6.69. The van der Waals surface area contributed by atoms with Crippen molar-refractivity contribution in [1.29, 1.82) is 5.26 Å². The fourth-order valence-electron chi connectivity index (χ4n) is 1.65. The van der Waals surface area contributed by atoms with Crippen LogP contribution in [0.3, 0.4) is 0 Å². The zero-order valence-corrected chi connectivity index (χ0v) is 12.1. The Morgan fingerprint density at radius 1 is 1.43 bits per heavy atom. The van der Waals surface area contributed by atoms with Crippen LogP contribution in [-0.2, 0) is 4.79 Å². The first kappa shape index (κ1) is 14.8. The predicted molar refractivity (Wildman–Crippen MR) is 82.6 cm³/mol. The average Bonchev–Trinajstić information content (AvgIpc) is 2.49. The van der Waals surface area contributed by atoms with Crippen molar-refractivity contribution in [1.82, 2.24) is 4.98 Å². The van der Waals surface area contributed by atoms with Gasteiger partial charge in [0.2, 0.25) is 0 Å². The minimum Gasteiger partial charge on any atom is -0.321 e. The highest BCUT2D eigenvalue weighted by Gasteiger charge is 2.10. The molecule has 0 fully saturated rings. The van der Waals surface area contributed by atoms with Crippen LogP contribution in [0.5, 0.6) is 0 Å². The highest BCUT2D eigenvalue weighted by Crippen LogP contribution is 2.20. The van der Waals surface area contributed by atoms with Gasteiger partial charge in [0.25, 0.3) is 5.91 Å². The van der Waals surface area contributed by atoms with E-state index in [-0.39, 0.29) is 5.57 Å². The number of amides is 1. The summed E-state index contributed by atoms with van der Waals surface area (Å²) in [5.41, 5.74) is 2.15. The molecule has 104 valence electrons. The fourth-order valence-corrected chi connectivity index (χ4v) is 1.83. The van der Waals surface area contributed by atoms with E-state index in [9.17, 15) is 4.79 Å². The van der Waals surface area contributed by atoms with Gasteiger partial charge >= 0.3 is 0 Å². The Morgan fingerprint density at radius 2 is 2.24 bits per heavy atom. The molecule has 1 amide bonds. The first-order valence-corrected chi connectivity index (χ1v) is 6.57. The minimum absolute atomic E-state index is 0.000280. The number of aryl methyl sites for hydroxylation is 1. The number of anilines is 1. The topological polar surface area (TPSA) is 65.8 Å². The SMILES string of the molecule is Cc1ccc(NC(=O)C(C#N)=Cc2cccnc2)cc1Cl. The summed E-state index contributed by atoms with van der Waals surface area (Å²) in [6.07, 6.45) is 4.68. The number of halogens is 1. The molecule has 0 atom stereocenters. The number of nitriles is 1. The van der Waals surface area contributed by atoms with Gasteiger partial charge in [0, 0.05) is 23.1 Å². The van der Waals surface area contributed by atoms with Crippen LogP contribution in [0.25, 0.3) is 6.08 Å². The monoisotopic (exact) mass is 297 g/mol. The van der Waals surface area contributed by atoms with Gasteiger partial charge in [-0.2, -0.15) is 5.26 Å². The molecule has 5 heteroatoms. The van der Waals surface area contributed by atoms with E-state index >= 15 is 0 Å². The molecule has 0 saturated carbocycles. The molecule has 0 saturated heterocycles. The van der Waals surface area contributed by atoms with E-state index in [2.05, 4.69) is 10.3 Å². The summed E-state index contributed by atoms with van der Waals surface area (Å²) in [7, 11) is 0. The highest BCUT2D eigenvalue weighted by atomic mass is 35.5. The number of carbonyl (C=O) groups excluding carboxylic acids is 1. The van der Waals surface area contributed by atoms with Crippen LogP contribution in [-0.4, -0.2) is 10.9 Å². The van der Waals surface area contributed by atoms with E-state index in [0.29, 0.717) is 16.3 Å². The summed E-state index contributed by atoms with van der Waals surface area (Å²) in [5.74, 6) is -0.485. The molecule has 4 nitrogen and oxygen atoms in total. The smallest absolute Gasteiger partial charge is 0.266 e. The Bertz CT molecular complexity index is 733. The zero-order chi connectivity index (χ0) is 15.2. The lowest BCUT2D eigenvalue weighted by Gasteiger charge is -2.06. The number of nitrogens with zero attached hydrogens (tertiary/aromatic N) is 2. The van der Waals surface area contributed by atoms with Crippen molar-refractivity contribution in [2.45, 2.75) is 6.92 Å². The van der Waals surface area contributed by atoms with Crippen molar-refractivity contribution < 1.29 is 4.79 Å². The molecule has 1 N–H and O–H groups in total. The summed E-state index contributed by atoms with van der Waals surface area (Å²) in [4.78, 5) is 16.0. The van der Waals surface area contributed by atoms with E-state index in [0.717, 1.165) is 5.56 Å². The van der Waals surface area contributed by atoms with Crippen molar-refractivity contribution in [3.05, 3.63) is 64.4 Å². The van der Waals surface area contributed by atoms with Crippen molar-refractivity contribution in [3.63, 3.8) is 0 Å². The molecule has 0 aliphatic rings.